The molecule has 4 atom stereocenters. The first-order chi connectivity index (χ1) is 11.1. The third-order valence-corrected chi connectivity index (χ3v) is 4.05. The summed E-state index contributed by atoms with van der Waals surface area (Å²) in [5.74, 6) is -3.42. The Morgan fingerprint density at radius 2 is 2.33 bits per heavy atom. The molecule has 130 valence electrons. The van der Waals surface area contributed by atoms with Gasteiger partial charge in [-0.1, -0.05) is 6.58 Å². The van der Waals surface area contributed by atoms with Gasteiger partial charge in [-0.3, -0.25) is 14.3 Å². The van der Waals surface area contributed by atoms with Crippen LogP contribution >= 0.6 is 0 Å². The molecule has 0 spiro atoms. The molecule has 3 rings (SSSR count). The van der Waals surface area contributed by atoms with E-state index < -0.39 is 36.0 Å². The SMILES string of the molecule is C=C(C)[C@]1(O)[C@H](n2cnc3c(=O)[nH]c(N)nc32)O[C@](F)(CO)[C@H]1F. The van der Waals surface area contributed by atoms with Gasteiger partial charge in [0.15, 0.2) is 29.2 Å². The fourth-order valence-corrected chi connectivity index (χ4v) is 2.72. The molecule has 3 heterocycles. The quantitative estimate of drug-likeness (QED) is 0.553. The standard InChI is InChI=1S/C13H15F2N5O4/c1-5(2)13(23)9(14)12(15,3-21)24-10(13)20-4-17-6-7(20)18-11(16)19-8(6)22/h4,9-10,21,23H,1,3H2,2H3,(H3,16,18,19,22)/t9-,10-,12-,13-/m1/s1. The zero-order valence-electron chi connectivity index (χ0n) is 12.5. The Balaban J connectivity index is 2.25. The summed E-state index contributed by atoms with van der Waals surface area (Å²) in [5, 5.41) is 19.8. The van der Waals surface area contributed by atoms with E-state index in [1.54, 1.807) is 0 Å². The van der Waals surface area contributed by atoms with Crippen molar-refractivity contribution in [1.82, 2.24) is 19.5 Å². The van der Waals surface area contributed by atoms with Crippen LogP contribution in [-0.4, -0.2) is 54.0 Å². The Morgan fingerprint density at radius 1 is 1.67 bits per heavy atom. The van der Waals surface area contributed by atoms with E-state index in [1.165, 1.54) is 6.92 Å². The molecule has 0 saturated carbocycles. The first kappa shape index (κ1) is 16.5. The number of alkyl halides is 2. The number of nitrogens with zero attached hydrogens (tertiary/aromatic N) is 3. The lowest BCUT2D eigenvalue weighted by Crippen LogP contribution is -2.48. The number of hydrogen-bond donors (Lipinski definition) is 4. The largest absolute Gasteiger partial charge is 0.390 e. The van der Waals surface area contributed by atoms with Crippen molar-refractivity contribution in [3.8, 4) is 0 Å². The van der Waals surface area contributed by atoms with Gasteiger partial charge in [0.1, 0.15) is 6.61 Å². The molecule has 1 aliphatic heterocycles. The summed E-state index contributed by atoms with van der Waals surface area (Å²) in [6.07, 6.45) is -3.31. The number of fused-ring (bicyclic) bond motifs is 1. The van der Waals surface area contributed by atoms with E-state index >= 15 is 0 Å². The van der Waals surface area contributed by atoms with Crippen LogP contribution in [0.15, 0.2) is 23.3 Å². The molecule has 24 heavy (non-hydrogen) atoms. The van der Waals surface area contributed by atoms with Crippen LogP contribution in [-0.2, 0) is 4.74 Å². The summed E-state index contributed by atoms with van der Waals surface area (Å²) in [7, 11) is 0. The molecule has 0 aliphatic carbocycles. The molecule has 2 aromatic rings. The van der Waals surface area contributed by atoms with Gasteiger partial charge < -0.3 is 20.7 Å². The van der Waals surface area contributed by atoms with Crippen molar-refractivity contribution in [1.29, 1.82) is 0 Å². The smallest absolute Gasteiger partial charge is 0.280 e. The summed E-state index contributed by atoms with van der Waals surface area (Å²) < 4.78 is 35.0. The number of aliphatic hydroxyl groups is 2. The normalized spacial score (nSPS) is 33.2. The minimum Gasteiger partial charge on any atom is -0.390 e. The van der Waals surface area contributed by atoms with Gasteiger partial charge in [-0.25, -0.2) is 13.8 Å². The molecule has 5 N–H and O–H groups in total. The average molecular weight is 343 g/mol. The van der Waals surface area contributed by atoms with Crippen LogP contribution in [0, 0.1) is 0 Å². The molecule has 0 bridgehead atoms. The van der Waals surface area contributed by atoms with Crippen LogP contribution in [0.4, 0.5) is 14.7 Å². The molecule has 2 aromatic heterocycles. The molecule has 1 saturated heterocycles. The van der Waals surface area contributed by atoms with E-state index in [0.717, 1.165) is 10.9 Å². The van der Waals surface area contributed by atoms with Crippen molar-refractivity contribution in [2.24, 2.45) is 0 Å². The van der Waals surface area contributed by atoms with E-state index in [2.05, 4.69) is 21.5 Å². The number of nitrogens with one attached hydrogen (secondary N) is 1. The lowest BCUT2D eigenvalue weighted by atomic mass is 9.88. The van der Waals surface area contributed by atoms with Crippen molar-refractivity contribution in [2.75, 3.05) is 12.3 Å². The highest BCUT2D eigenvalue weighted by Gasteiger charge is 2.67. The van der Waals surface area contributed by atoms with Crippen molar-refractivity contribution in [3.63, 3.8) is 0 Å². The van der Waals surface area contributed by atoms with Crippen LogP contribution in [0.5, 0.6) is 0 Å². The van der Waals surface area contributed by atoms with Crippen LogP contribution in [0.1, 0.15) is 13.2 Å². The van der Waals surface area contributed by atoms with E-state index in [4.69, 9.17) is 15.6 Å². The highest BCUT2D eigenvalue weighted by Crippen LogP contribution is 2.50. The zero-order valence-corrected chi connectivity index (χ0v) is 12.5. The number of H-pyrrole nitrogens is 1. The summed E-state index contributed by atoms with van der Waals surface area (Å²) in [6.45, 7) is 3.42. The Morgan fingerprint density at radius 3 is 2.92 bits per heavy atom. The van der Waals surface area contributed by atoms with Gasteiger partial charge in [0.25, 0.3) is 11.4 Å². The van der Waals surface area contributed by atoms with E-state index in [1.807, 2.05) is 0 Å². The topological polar surface area (TPSA) is 139 Å². The lowest BCUT2D eigenvalue weighted by Gasteiger charge is -2.30. The van der Waals surface area contributed by atoms with Crippen LogP contribution in [0.3, 0.4) is 0 Å². The van der Waals surface area contributed by atoms with Gasteiger partial charge >= 0.3 is 0 Å². The molecule has 0 amide bonds. The number of imidazole rings is 1. The minimum absolute atomic E-state index is 0.143. The Labute approximate surface area is 133 Å². The maximum absolute atomic E-state index is 14.6. The number of aromatic amines is 1. The van der Waals surface area contributed by atoms with Crippen LogP contribution < -0.4 is 11.3 Å². The van der Waals surface area contributed by atoms with Gasteiger partial charge in [-0.15, -0.1) is 0 Å². The molecule has 1 fully saturated rings. The second kappa shape index (κ2) is 5.06. The molecule has 0 radical (unpaired) electrons. The molecule has 0 unspecified atom stereocenters. The minimum atomic E-state index is -3.16. The predicted octanol–water partition coefficient (Wildman–Crippen LogP) is -0.466. The van der Waals surface area contributed by atoms with E-state index in [-0.39, 0.29) is 22.7 Å². The number of aliphatic hydroxyl groups excluding tert-OH is 1. The van der Waals surface area contributed by atoms with Crippen molar-refractivity contribution in [2.45, 2.75) is 30.8 Å². The Bertz CT molecular complexity index is 883. The number of nitrogens with two attached hydrogens (primary N) is 1. The van der Waals surface area contributed by atoms with Gasteiger partial charge in [0, 0.05) is 0 Å². The number of ether oxygens (including phenoxy) is 1. The number of anilines is 1. The summed E-state index contributed by atoms with van der Waals surface area (Å²) in [4.78, 5) is 21.7. The first-order valence-electron chi connectivity index (χ1n) is 6.87. The molecule has 0 aromatic carbocycles. The van der Waals surface area contributed by atoms with Gasteiger partial charge in [0.05, 0.1) is 6.33 Å². The first-order valence-corrected chi connectivity index (χ1v) is 6.87. The summed E-state index contributed by atoms with van der Waals surface area (Å²) >= 11 is 0. The maximum atomic E-state index is 14.6. The fourth-order valence-electron chi connectivity index (χ4n) is 2.72. The molecule has 11 heteroatoms. The van der Waals surface area contributed by atoms with Crippen LogP contribution in [0.25, 0.3) is 11.2 Å². The van der Waals surface area contributed by atoms with Crippen LogP contribution in [0.2, 0.25) is 0 Å². The zero-order chi connectivity index (χ0) is 17.9. The third-order valence-electron chi connectivity index (χ3n) is 4.05. The van der Waals surface area contributed by atoms with Gasteiger partial charge in [-0.2, -0.15) is 4.98 Å². The second-order valence-electron chi connectivity index (χ2n) is 5.66. The number of nitrogen functional groups attached to an aromatic ring is 1. The number of rotatable bonds is 3. The Kier molecular flexibility index (Phi) is 3.48. The highest BCUT2D eigenvalue weighted by molar-refractivity contribution is 5.70. The lowest BCUT2D eigenvalue weighted by molar-refractivity contribution is -0.195. The van der Waals surface area contributed by atoms with Crippen molar-refractivity contribution >= 4 is 17.1 Å². The third kappa shape index (κ3) is 1.98. The summed E-state index contributed by atoms with van der Waals surface area (Å²) in [6, 6.07) is 0. The van der Waals surface area contributed by atoms with E-state index in [9.17, 15) is 18.7 Å². The molecule has 9 nitrogen and oxygen atoms in total. The van der Waals surface area contributed by atoms with Crippen molar-refractivity contribution in [3.05, 3.63) is 28.8 Å². The predicted molar refractivity (Wildman–Crippen MR) is 78.3 cm³/mol. The molecular weight excluding hydrogens is 328 g/mol. The monoisotopic (exact) mass is 343 g/mol. The number of halogens is 2. The molecular formula is C13H15F2N5O4. The van der Waals surface area contributed by atoms with Gasteiger partial charge in [-0.05, 0) is 12.5 Å². The van der Waals surface area contributed by atoms with Gasteiger partial charge in [0.2, 0.25) is 5.95 Å². The number of hydrogen-bond acceptors (Lipinski definition) is 7. The Hall–Kier alpha value is -2.37. The summed E-state index contributed by atoms with van der Waals surface area (Å²) in [5.41, 5.74) is 1.83. The maximum Gasteiger partial charge on any atom is 0.280 e. The fraction of sp³-hybridized carbons (Fsp3) is 0.462. The average Bonchev–Trinajstić information content (AvgIpc) is 3.01. The van der Waals surface area contributed by atoms with E-state index in [0.29, 0.717) is 0 Å². The van der Waals surface area contributed by atoms with Crippen molar-refractivity contribution < 1.29 is 23.7 Å². The number of aromatic nitrogens is 4. The molecule has 1 aliphatic rings. The second-order valence-corrected chi connectivity index (χ2v) is 5.66. The highest BCUT2D eigenvalue weighted by atomic mass is 19.2.